The van der Waals surface area contributed by atoms with E-state index < -0.39 is 0 Å². The van der Waals surface area contributed by atoms with Crippen molar-refractivity contribution in [1.82, 2.24) is 20.1 Å². The Morgan fingerprint density at radius 3 is 3.00 bits per heavy atom. The molecular formula is C10H11N5O2S. The SMILES string of the molecule is CNC(=O)Cn1cc(NC(=O)c2cscn2)cn1. The molecule has 2 aromatic heterocycles. The number of carbonyl (C=O) groups excluding carboxylic acids is 2. The molecule has 0 atom stereocenters. The number of amides is 2. The summed E-state index contributed by atoms with van der Waals surface area (Å²) in [4.78, 5) is 26.7. The number of hydrogen-bond acceptors (Lipinski definition) is 5. The second-order valence-electron chi connectivity index (χ2n) is 3.43. The minimum Gasteiger partial charge on any atom is -0.358 e. The predicted octanol–water partition coefficient (Wildman–Crippen LogP) is 0.338. The van der Waals surface area contributed by atoms with Crippen molar-refractivity contribution in [2.45, 2.75) is 6.54 Å². The molecule has 0 aliphatic heterocycles. The summed E-state index contributed by atoms with van der Waals surface area (Å²) in [5.41, 5.74) is 2.47. The smallest absolute Gasteiger partial charge is 0.275 e. The lowest BCUT2D eigenvalue weighted by molar-refractivity contribution is -0.121. The molecule has 0 aliphatic carbocycles. The Balaban J connectivity index is 1.98. The predicted molar refractivity (Wildman–Crippen MR) is 66.4 cm³/mol. The standard InChI is InChI=1S/C10H11N5O2S/c1-11-9(16)4-15-3-7(2-13-15)14-10(17)8-5-18-6-12-8/h2-3,5-6H,4H2,1H3,(H,11,16)(H,14,17). The van der Waals surface area contributed by atoms with Gasteiger partial charge in [0.25, 0.3) is 5.91 Å². The third kappa shape index (κ3) is 2.92. The molecule has 0 radical (unpaired) electrons. The van der Waals surface area contributed by atoms with E-state index in [1.807, 2.05) is 0 Å². The van der Waals surface area contributed by atoms with Gasteiger partial charge in [0.05, 0.1) is 17.4 Å². The van der Waals surface area contributed by atoms with E-state index in [0.29, 0.717) is 11.4 Å². The van der Waals surface area contributed by atoms with Crippen LogP contribution in [0.3, 0.4) is 0 Å². The van der Waals surface area contributed by atoms with E-state index in [9.17, 15) is 9.59 Å². The number of nitrogens with one attached hydrogen (secondary N) is 2. The summed E-state index contributed by atoms with van der Waals surface area (Å²) >= 11 is 1.35. The highest BCUT2D eigenvalue weighted by Crippen LogP contribution is 2.08. The Hall–Kier alpha value is -2.22. The summed E-state index contributed by atoms with van der Waals surface area (Å²) in [6.45, 7) is 0.114. The first-order valence-electron chi connectivity index (χ1n) is 5.11. The Morgan fingerprint density at radius 1 is 1.50 bits per heavy atom. The summed E-state index contributed by atoms with van der Waals surface area (Å²) in [5.74, 6) is -0.453. The molecule has 0 spiro atoms. The molecule has 0 aromatic carbocycles. The van der Waals surface area contributed by atoms with Gasteiger partial charge in [0.1, 0.15) is 12.2 Å². The van der Waals surface area contributed by atoms with Gasteiger partial charge in [-0.25, -0.2) is 4.98 Å². The van der Waals surface area contributed by atoms with Gasteiger partial charge in [0.2, 0.25) is 5.91 Å². The molecule has 0 fully saturated rings. The number of anilines is 1. The maximum Gasteiger partial charge on any atom is 0.275 e. The van der Waals surface area contributed by atoms with Gasteiger partial charge in [0, 0.05) is 18.6 Å². The molecule has 0 saturated heterocycles. The average molecular weight is 265 g/mol. The van der Waals surface area contributed by atoms with Gasteiger partial charge >= 0.3 is 0 Å². The van der Waals surface area contributed by atoms with Crippen molar-refractivity contribution in [3.05, 3.63) is 29.0 Å². The van der Waals surface area contributed by atoms with Crippen LogP contribution in [0.25, 0.3) is 0 Å². The third-order valence-electron chi connectivity index (χ3n) is 2.14. The fourth-order valence-electron chi connectivity index (χ4n) is 1.26. The minimum atomic E-state index is -0.296. The third-order valence-corrected chi connectivity index (χ3v) is 2.73. The largest absolute Gasteiger partial charge is 0.358 e. The van der Waals surface area contributed by atoms with Crippen LogP contribution in [-0.4, -0.2) is 33.6 Å². The molecule has 2 heterocycles. The second kappa shape index (κ2) is 5.41. The van der Waals surface area contributed by atoms with Crippen LogP contribution in [0.15, 0.2) is 23.3 Å². The molecule has 0 aliphatic rings. The molecule has 94 valence electrons. The summed E-state index contributed by atoms with van der Waals surface area (Å²) in [6, 6.07) is 0. The van der Waals surface area contributed by atoms with E-state index in [-0.39, 0.29) is 18.4 Å². The van der Waals surface area contributed by atoms with Crippen LogP contribution in [-0.2, 0) is 11.3 Å². The van der Waals surface area contributed by atoms with Crippen molar-refractivity contribution in [2.75, 3.05) is 12.4 Å². The highest BCUT2D eigenvalue weighted by Gasteiger charge is 2.09. The van der Waals surface area contributed by atoms with E-state index >= 15 is 0 Å². The molecule has 8 heteroatoms. The van der Waals surface area contributed by atoms with Crippen LogP contribution in [0.5, 0.6) is 0 Å². The Bertz CT molecular complexity index is 548. The topological polar surface area (TPSA) is 88.9 Å². The average Bonchev–Trinajstić information content (AvgIpc) is 3.00. The number of thiazole rings is 1. The zero-order valence-electron chi connectivity index (χ0n) is 9.58. The van der Waals surface area contributed by atoms with Gasteiger partial charge in [-0.3, -0.25) is 14.3 Å². The van der Waals surface area contributed by atoms with Crippen molar-refractivity contribution in [3.8, 4) is 0 Å². The van der Waals surface area contributed by atoms with E-state index in [1.54, 1.807) is 24.1 Å². The highest BCUT2D eigenvalue weighted by atomic mass is 32.1. The van der Waals surface area contributed by atoms with Crippen molar-refractivity contribution in [2.24, 2.45) is 0 Å². The number of rotatable bonds is 4. The summed E-state index contributed by atoms with van der Waals surface area (Å²) < 4.78 is 1.44. The zero-order valence-corrected chi connectivity index (χ0v) is 10.4. The molecule has 2 N–H and O–H groups in total. The van der Waals surface area contributed by atoms with Crippen LogP contribution in [0.1, 0.15) is 10.5 Å². The first kappa shape index (κ1) is 12.2. The van der Waals surface area contributed by atoms with Crippen LogP contribution in [0.4, 0.5) is 5.69 Å². The first-order chi connectivity index (χ1) is 8.69. The van der Waals surface area contributed by atoms with Gasteiger partial charge < -0.3 is 10.6 Å². The maximum absolute atomic E-state index is 11.7. The Kier molecular flexibility index (Phi) is 3.68. The van der Waals surface area contributed by atoms with Crippen molar-refractivity contribution >= 4 is 28.8 Å². The monoisotopic (exact) mass is 265 g/mol. The number of aromatic nitrogens is 3. The molecular weight excluding hydrogens is 254 g/mol. The highest BCUT2D eigenvalue weighted by molar-refractivity contribution is 7.07. The zero-order chi connectivity index (χ0) is 13.0. The lowest BCUT2D eigenvalue weighted by Gasteiger charge is -1.99. The Morgan fingerprint density at radius 2 is 2.33 bits per heavy atom. The fraction of sp³-hybridized carbons (Fsp3) is 0.200. The van der Waals surface area contributed by atoms with Crippen LogP contribution >= 0.6 is 11.3 Å². The first-order valence-corrected chi connectivity index (χ1v) is 6.06. The minimum absolute atomic E-state index is 0.114. The van der Waals surface area contributed by atoms with Crippen LogP contribution < -0.4 is 10.6 Å². The molecule has 2 rings (SSSR count). The molecule has 0 saturated carbocycles. The molecule has 0 unspecified atom stereocenters. The van der Waals surface area contributed by atoms with E-state index in [4.69, 9.17) is 0 Å². The molecule has 2 amide bonds. The number of likely N-dealkylation sites (N-methyl/N-ethyl adjacent to an activating group) is 1. The van der Waals surface area contributed by atoms with Crippen LogP contribution in [0.2, 0.25) is 0 Å². The summed E-state index contributed by atoms with van der Waals surface area (Å²) in [6.07, 6.45) is 3.06. The van der Waals surface area contributed by atoms with Gasteiger partial charge in [-0.2, -0.15) is 5.10 Å². The number of carbonyl (C=O) groups is 2. The van der Waals surface area contributed by atoms with Gasteiger partial charge in [-0.15, -0.1) is 11.3 Å². The molecule has 2 aromatic rings. The lowest BCUT2D eigenvalue weighted by atomic mass is 10.4. The molecule has 0 bridgehead atoms. The quantitative estimate of drug-likeness (QED) is 0.834. The normalized spacial score (nSPS) is 10.1. The number of nitrogens with zero attached hydrogens (tertiary/aromatic N) is 3. The van der Waals surface area contributed by atoms with Gasteiger partial charge in [-0.1, -0.05) is 0 Å². The molecule has 18 heavy (non-hydrogen) atoms. The second-order valence-corrected chi connectivity index (χ2v) is 4.15. The van der Waals surface area contributed by atoms with Crippen LogP contribution in [0, 0.1) is 0 Å². The van der Waals surface area contributed by atoms with E-state index in [0.717, 1.165) is 0 Å². The van der Waals surface area contributed by atoms with Gasteiger partial charge in [0.15, 0.2) is 0 Å². The summed E-state index contributed by atoms with van der Waals surface area (Å²) in [7, 11) is 1.55. The summed E-state index contributed by atoms with van der Waals surface area (Å²) in [5, 5.41) is 10.8. The van der Waals surface area contributed by atoms with E-state index in [2.05, 4.69) is 20.7 Å². The van der Waals surface area contributed by atoms with Crippen molar-refractivity contribution < 1.29 is 9.59 Å². The van der Waals surface area contributed by atoms with Crippen molar-refractivity contribution in [3.63, 3.8) is 0 Å². The Labute approximate surface area is 107 Å². The fourth-order valence-corrected chi connectivity index (χ4v) is 1.79. The van der Waals surface area contributed by atoms with Crippen molar-refractivity contribution in [1.29, 1.82) is 0 Å². The molecule has 7 nitrogen and oxygen atoms in total. The van der Waals surface area contributed by atoms with E-state index in [1.165, 1.54) is 22.2 Å². The van der Waals surface area contributed by atoms with Gasteiger partial charge in [-0.05, 0) is 0 Å². The maximum atomic E-state index is 11.7. The lowest BCUT2D eigenvalue weighted by Crippen LogP contribution is -2.23. The number of hydrogen-bond donors (Lipinski definition) is 2.